The number of allylic oxidation sites excluding steroid dienone is 15. The van der Waals surface area contributed by atoms with Crippen LogP contribution in [0.2, 0.25) is 0 Å². The van der Waals surface area contributed by atoms with E-state index in [0.717, 1.165) is 89.9 Å². The van der Waals surface area contributed by atoms with E-state index in [4.69, 9.17) is 14.2 Å². The molecule has 1 aliphatic heterocycles. The Morgan fingerprint density at radius 1 is 0.506 bits per heavy atom. The van der Waals surface area contributed by atoms with E-state index in [0.29, 0.717) is 12.8 Å². The molecule has 1 saturated heterocycles. The predicted molar refractivity (Wildman–Crippen MR) is 338 cm³/mol. The van der Waals surface area contributed by atoms with Crippen molar-refractivity contribution in [3.8, 4) is 0 Å². The van der Waals surface area contributed by atoms with Gasteiger partial charge in [0.25, 0.3) is 0 Å². The van der Waals surface area contributed by atoms with Gasteiger partial charge in [-0.15, -0.1) is 0 Å². The predicted octanol–water partition coefficient (Wildman–Crippen LogP) is 16.3. The summed E-state index contributed by atoms with van der Waals surface area (Å²) < 4.78 is 17.6. The summed E-state index contributed by atoms with van der Waals surface area (Å²) in [5.74, 6) is -1.22. The monoisotopic (exact) mass is 1140 g/mol. The molecule has 1 amide bonds. The fraction of sp³-hybridized carbons (Fsp3) is 0.743. The van der Waals surface area contributed by atoms with E-state index in [2.05, 4.69) is 74.7 Å². The highest BCUT2D eigenvalue weighted by Crippen LogP contribution is 2.26. The number of unbranched alkanes of at least 4 members (excludes halogenated alkanes) is 30. The minimum absolute atomic E-state index is 0.116. The highest BCUT2D eigenvalue weighted by atomic mass is 16.7. The Morgan fingerprint density at radius 3 is 1.47 bits per heavy atom. The molecular weight excluding hydrogens is 1010 g/mol. The number of nitrogens with one attached hydrogen (secondary N) is 1. The topological polar surface area (TPSA) is 175 Å². The second kappa shape index (κ2) is 57.0. The average Bonchev–Trinajstić information content (AvgIpc) is 3.50. The number of carbonyl (C=O) groups is 2. The van der Waals surface area contributed by atoms with Crippen LogP contribution in [0.25, 0.3) is 0 Å². The number of carbonyl (C=O) groups excluding carboxylic acids is 2. The Bertz CT molecular complexity index is 1690. The molecule has 0 aromatic carbocycles. The van der Waals surface area contributed by atoms with E-state index in [-0.39, 0.29) is 19.4 Å². The van der Waals surface area contributed by atoms with Gasteiger partial charge in [0.15, 0.2) is 12.4 Å². The maximum absolute atomic E-state index is 13.4. The molecule has 1 heterocycles. The van der Waals surface area contributed by atoms with E-state index in [1.807, 2.05) is 42.5 Å². The third-order valence-corrected chi connectivity index (χ3v) is 15.1. The first kappa shape index (κ1) is 75.6. The lowest BCUT2D eigenvalue weighted by Crippen LogP contribution is -2.61. The highest BCUT2D eigenvalue weighted by molar-refractivity contribution is 5.80. The van der Waals surface area contributed by atoms with Crippen molar-refractivity contribution in [3.63, 3.8) is 0 Å². The molecule has 0 bridgehead atoms. The van der Waals surface area contributed by atoms with Crippen molar-refractivity contribution in [2.45, 2.75) is 320 Å². The van der Waals surface area contributed by atoms with Crippen LogP contribution in [0.1, 0.15) is 271 Å². The molecule has 6 N–H and O–H groups in total. The smallest absolute Gasteiger partial charge is 0.306 e. The molecule has 1 aliphatic rings. The number of hydrogen-bond acceptors (Lipinski definition) is 10. The van der Waals surface area contributed by atoms with Gasteiger partial charge in [0.2, 0.25) is 5.91 Å². The Morgan fingerprint density at radius 2 is 0.938 bits per heavy atom. The molecular formula is C70H121NO10. The Kier molecular flexibility index (Phi) is 53.2. The molecule has 0 aliphatic carbocycles. The zero-order chi connectivity index (χ0) is 58.9. The second-order valence-electron chi connectivity index (χ2n) is 22.6. The summed E-state index contributed by atoms with van der Waals surface area (Å²) in [6.07, 6.45) is 66.0. The molecule has 0 aromatic heterocycles. The number of hydrogen-bond donors (Lipinski definition) is 6. The lowest BCUT2D eigenvalue weighted by molar-refractivity contribution is -0.305. The van der Waals surface area contributed by atoms with Crippen LogP contribution in [0.5, 0.6) is 0 Å². The molecule has 1 fully saturated rings. The minimum Gasteiger partial charge on any atom is -0.454 e. The molecule has 8 unspecified atom stereocenters. The number of esters is 1. The van der Waals surface area contributed by atoms with Crippen LogP contribution in [0.3, 0.4) is 0 Å². The first-order valence-corrected chi connectivity index (χ1v) is 33.1. The molecule has 0 spiro atoms. The summed E-state index contributed by atoms with van der Waals surface area (Å²) in [4.78, 5) is 26.6. The normalized spacial score (nSPS) is 19.3. The summed E-state index contributed by atoms with van der Waals surface area (Å²) >= 11 is 0. The first-order chi connectivity index (χ1) is 39.7. The first-order valence-electron chi connectivity index (χ1n) is 33.1. The molecule has 0 saturated carbocycles. The molecule has 466 valence electrons. The number of amides is 1. The van der Waals surface area contributed by atoms with Gasteiger partial charge in [0.1, 0.15) is 24.4 Å². The van der Waals surface area contributed by atoms with Crippen molar-refractivity contribution < 1.29 is 49.3 Å². The Balaban J connectivity index is 2.56. The summed E-state index contributed by atoms with van der Waals surface area (Å²) in [5, 5.41) is 57.0. The van der Waals surface area contributed by atoms with Crippen LogP contribution in [0.4, 0.5) is 0 Å². The van der Waals surface area contributed by atoms with E-state index in [9.17, 15) is 35.1 Å². The van der Waals surface area contributed by atoms with Crippen LogP contribution in [-0.2, 0) is 23.8 Å². The van der Waals surface area contributed by atoms with Crippen molar-refractivity contribution >= 4 is 11.9 Å². The lowest BCUT2D eigenvalue weighted by Gasteiger charge is -2.41. The zero-order valence-electron chi connectivity index (χ0n) is 51.6. The van der Waals surface area contributed by atoms with Crippen molar-refractivity contribution in [3.05, 3.63) is 97.2 Å². The Hall–Kier alpha value is -3.42. The fourth-order valence-electron chi connectivity index (χ4n) is 9.85. The number of aliphatic hydroxyl groups is 5. The van der Waals surface area contributed by atoms with Crippen molar-refractivity contribution in [2.24, 2.45) is 0 Å². The van der Waals surface area contributed by atoms with Crippen LogP contribution < -0.4 is 5.32 Å². The third kappa shape index (κ3) is 44.7. The minimum atomic E-state index is -1.62. The van der Waals surface area contributed by atoms with Gasteiger partial charge in [0.05, 0.1) is 25.4 Å². The average molecular weight is 1140 g/mol. The summed E-state index contributed by atoms with van der Waals surface area (Å²) in [6.45, 7) is 5.60. The maximum Gasteiger partial charge on any atom is 0.306 e. The maximum atomic E-state index is 13.4. The van der Waals surface area contributed by atoms with Crippen molar-refractivity contribution in [1.82, 2.24) is 5.32 Å². The van der Waals surface area contributed by atoms with Gasteiger partial charge in [-0.1, -0.05) is 279 Å². The summed E-state index contributed by atoms with van der Waals surface area (Å²) in [5.41, 5.74) is 0. The van der Waals surface area contributed by atoms with E-state index >= 15 is 0 Å². The van der Waals surface area contributed by atoms with Crippen molar-refractivity contribution in [1.29, 1.82) is 0 Å². The molecule has 11 nitrogen and oxygen atoms in total. The summed E-state index contributed by atoms with van der Waals surface area (Å²) in [6, 6.07) is -1.04. The van der Waals surface area contributed by atoms with Crippen LogP contribution in [0.15, 0.2) is 97.2 Å². The molecule has 0 radical (unpaired) electrons. The van der Waals surface area contributed by atoms with Gasteiger partial charge in [-0.2, -0.15) is 0 Å². The third-order valence-electron chi connectivity index (χ3n) is 15.1. The number of ether oxygens (including phenoxy) is 3. The quantitative estimate of drug-likeness (QED) is 0.0149. The Labute approximate surface area is 495 Å². The van der Waals surface area contributed by atoms with Crippen LogP contribution in [-0.4, -0.2) is 99.6 Å². The van der Waals surface area contributed by atoms with Gasteiger partial charge in [-0.25, -0.2) is 0 Å². The molecule has 11 heteroatoms. The second-order valence-corrected chi connectivity index (χ2v) is 22.6. The molecule has 1 rings (SSSR count). The fourth-order valence-corrected chi connectivity index (χ4v) is 9.85. The molecule has 8 atom stereocenters. The van der Waals surface area contributed by atoms with Gasteiger partial charge in [0, 0.05) is 6.42 Å². The van der Waals surface area contributed by atoms with Gasteiger partial charge in [-0.3, -0.25) is 9.59 Å². The van der Waals surface area contributed by atoms with Gasteiger partial charge < -0.3 is 45.1 Å². The van der Waals surface area contributed by atoms with Gasteiger partial charge >= 0.3 is 5.97 Å². The van der Waals surface area contributed by atoms with E-state index in [1.165, 1.54) is 135 Å². The van der Waals surface area contributed by atoms with Crippen LogP contribution in [0, 0.1) is 0 Å². The van der Waals surface area contributed by atoms with Gasteiger partial charge in [-0.05, 0) is 83.5 Å². The number of rotatable bonds is 55. The summed E-state index contributed by atoms with van der Waals surface area (Å²) in [7, 11) is 0. The zero-order valence-corrected chi connectivity index (χ0v) is 51.6. The van der Waals surface area contributed by atoms with E-state index in [1.54, 1.807) is 6.08 Å². The van der Waals surface area contributed by atoms with Crippen LogP contribution >= 0.6 is 0 Å². The lowest BCUT2D eigenvalue weighted by atomic mass is 9.99. The standard InChI is InChI=1S/C70H121NO10/c1-4-7-10-13-16-19-22-24-26-27-28-29-30-31-32-33-34-35-36-37-38-40-43-46-49-52-55-58-65(75)81-68-67(77)66(76)64(59-72)80-70(68)79-60-61(62(73)56-53-50-47-44-41-21-18-15-12-9-6-3)71-69(78)63(74)57-54-51-48-45-42-39-25-23-20-17-14-11-8-5-2/h8,11,14,16-17,19-20,23-26,28-29,39,53,56,61-64,66-68,70,72-74,76-77H,4-7,9-10,12-13,15,18,21-22,27,30-38,40-52,54-55,57-60H2,1-3H3,(H,71,78)/b11-8+,17-14+,19-16-,23-20+,26-24-,29-28-,39-25-,56-53+. The highest BCUT2D eigenvalue weighted by Gasteiger charge is 2.47. The molecule has 0 aromatic rings. The van der Waals surface area contributed by atoms with E-state index < -0.39 is 67.4 Å². The van der Waals surface area contributed by atoms with Crippen molar-refractivity contribution in [2.75, 3.05) is 13.2 Å². The largest absolute Gasteiger partial charge is 0.454 e. The number of aliphatic hydroxyl groups excluding tert-OH is 5. The molecule has 81 heavy (non-hydrogen) atoms. The SMILES string of the molecule is CC/C=C/C=C/C=C/C=C\CCCCCCC(O)C(=O)NC(COC1OC(CO)C(O)C(O)C1OC(=O)CCCCCCCCCCCCCCCC/C=C\C/C=C\C/C=C\CCCCC)C(O)/C=C/CCCCCCCCCCC.